The summed E-state index contributed by atoms with van der Waals surface area (Å²) in [5.74, 6) is 1.13. The van der Waals surface area contributed by atoms with E-state index < -0.39 is 0 Å². The van der Waals surface area contributed by atoms with Crippen molar-refractivity contribution in [3.8, 4) is 0 Å². The highest BCUT2D eigenvalue weighted by Gasteiger charge is 2.16. The predicted octanol–water partition coefficient (Wildman–Crippen LogP) is 1.66. The first-order chi connectivity index (χ1) is 7.27. The molecule has 1 heterocycles. The Kier molecular flexibility index (Phi) is 6.10. The summed E-state index contributed by atoms with van der Waals surface area (Å²) in [5, 5.41) is 12.9. The summed E-state index contributed by atoms with van der Waals surface area (Å²) in [6.45, 7) is 3.30. The van der Waals surface area contributed by atoms with Crippen LogP contribution in [0.3, 0.4) is 0 Å². The van der Waals surface area contributed by atoms with E-state index in [1.165, 1.54) is 19.3 Å². The lowest BCUT2D eigenvalue weighted by atomic mass is 10.2. The van der Waals surface area contributed by atoms with Crippen LogP contribution in [0.1, 0.15) is 32.6 Å². The van der Waals surface area contributed by atoms with Crippen molar-refractivity contribution in [1.82, 2.24) is 5.32 Å². The Bertz CT molecular complexity index is 205. The fraction of sp³-hybridized carbons (Fsp3) is 0.909. The number of hydrogen-bond acceptors (Lipinski definition) is 4. The van der Waals surface area contributed by atoms with Crippen LogP contribution in [0.4, 0.5) is 0 Å². The Morgan fingerprint density at radius 2 is 2.27 bits per heavy atom. The van der Waals surface area contributed by atoms with Crippen molar-refractivity contribution in [2.75, 3.05) is 19.4 Å². The third-order valence-corrected chi connectivity index (χ3v) is 3.97. The second kappa shape index (κ2) is 7.12. The van der Waals surface area contributed by atoms with Gasteiger partial charge in [-0.15, -0.1) is 0 Å². The first kappa shape index (κ1) is 12.8. The number of hydrogen-bond donors (Lipinski definition) is 2. The molecule has 15 heavy (non-hydrogen) atoms. The van der Waals surface area contributed by atoms with Crippen LogP contribution in [0.25, 0.3) is 0 Å². The summed E-state index contributed by atoms with van der Waals surface area (Å²) in [6.07, 6.45) is 6.84. The molecule has 4 heteroatoms. The number of nitrogens with zero attached hydrogens (tertiary/aromatic N) is 1. The maximum atomic E-state index is 9.18. The zero-order valence-electron chi connectivity index (χ0n) is 9.70. The molecule has 0 aromatic rings. The zero-order chi connectivity index (χ0) is 11.1. The molecule has 2 N–H and O–H groups in total. The maximum Gasteiger partial charge on any atom is 0.0965 e. The summed E-state index contributed by atoms with van der Waals surface area (Å²) in [4.78, 5) is 4.53. The van der Waals surface area contributed by atoms with Gasteiger partial charge < -0.3 is 10.4 Å². The van der Waals surface area contributed by atoms with Gasteiger partial charge in [0.05, 0.1) is 12.4 Å². The summed E-state index contributed by atoms with van der Waals surface area (Å²) >= 11 is 1.70. The summed E-state index contributed by atoms with van der Waals surface area (Å²) < 4.78 is 0. The van der Waals surface area contributed by atoms with E-state index in [9.17, 15) is 5.11 Å². The standard InChI is InChI=1S/C11H22N2OS/c1-9(10(8-14)15-2)13-11-6-4-3-5-7-12-11/h9-10,14H,3-8H2,1-2H3,(H,12,13). The van der Waals surface area contributed by atoms with E-state index in [1.54, 1.807) is 11.8 Å². The molecular formula is C11H22N2OS. The van der Waals surface area contributed by atoms with Crippen molar-refractivity contribution in [2.45, 2.75) is 43.9 Å². The van der Waals surface area contributed by atoms with Crippen LogP contribution in [0.2, 0.25) is 0 Å². The first-order valence-corrected chi connectivity index (χ1v) is 7.00. The fourth-order valence-corrected chi connectivity index (χ4v) is 2.41. The highest BCUT2D eigenvalue weighted by Crippen LogP contribution is 2.12. The lowest BCUT2D eigenvalue weighted by Crippen LogP contribution is -2.41. The highest BCUT2D eigenvalue weighted by atomic mass is 32.2. The second-order valence-corrected chi connectivity index (χ2v) is 5.11. The third kappa shape index (κ3) is 4.43. The van der Waals surface area contributed by atoms with Crippen molar-refractivity contribution >= 4 is 17.6 Å². The minimum absolute atomic E-state index is 0.225. The number of aliphatic imine (C=N–C) groups is 1. The lowest BCUT2D eigenvalue weighted by Gasteiger charge is -2.23. The van der Waals surface area contributed by atoms with Crippen LogP contribution in [-0.4, -0.2) is 41.6 Å². The SMILES string of the molecule is CSC(CO)C(C)NC1=NCCCCC1. The second-order valence-electron chi connectivity index (χ2n) is 4.03. The molecule has 2 atom stereocenters. The molecule has 1 aliphatic rings. The van der Waals surface area contributed by atoms with E-state index in [1.807, 2.05) is 6.26 Å². The molecule has 3 nitrogen and oxygen atoms in total. The highest BCUT2D eigenvalue weighted by molar-refractivity contribution is 7.99. The van der Waals surface area contributed by atoms with Crippen molar-refractivity contribution in [3.05, 3.63) is 0 Å². The van der Waals surface area contributed by atoms with Gasteiger partial charge in [0.15, 0.2) is 0 Å². The number of nitrogens with one attached hydrogen (secondary N) is 1. The normalized spacial score (nSPS) is 21.4. The molecule has 1 aliphatic heterocycles. The minimum atomic E-state index is 0.225. The van der Waals surface area contributed by atoms with E-state index in [0.717, 1.165) is 18.8 Å². The summed E-state index contributed by atoms with van der Waals surface area (Å²) in [6, 6.07) is 0.293. The van der Waals surface area contributed by atoms with Gasteiger partial charge in [0, 0.05) is 24.3 Å². The van der Waals surface area contributed by atoms with E-state index in [0.29, 0.717) is 6.04 Å². The van der Waals surface area contributed by atoms with Gasteiger partial charge in [-0.05, 0) is 26.0 Å². The molecule has 1 rings (SSSR count). The fourth-order valence-electron chi connectivity index (χ4n) is 1.78. The van der Waals surface area contributed by atoms with Crippen LogP contribution in [0, 0.1) is 0 Å². The van der Waals surface area contributed by atoms with Gasteiger partial charge in [-0.1, -0.05) is 6.42 Å². The van der Waals surface area contributed by atoms with Gasteiger partial charge in [0.2, 0.25) is 0 Å². The predicted molar refractivity (Wildman–Crippen MR) is 67.8 cm³/mol. The zero-order valence-corrected chi connectivity index (χ0v) is 10.5. The molecule has 0 amide bonds. The Morgan fingerprint density at radius 1 is 1.47 bits per heavy atom. The Morgan fingerprint density at radius 3 is 2.93 bits per heavy atom. The molecule has 0 aromatic carbocycles. The minimum Gasteiger partial charge on any atom is -0.395 e. The Hall–Kier alpha value is -0.220. The molecule has 2 unspecified atom stereocenters. The molecule has 0 saturated heterocycles. The van der Waals surface area contributed by atoms with Gasteiger partial charge >= 0.3 is 0 Å². The summed E-state index contributed by atoms with van der Waals surface area (Å²) in [7, 11) is 0. The van der Waals surface area contributed by atoms with Gasteiger partial charge in [-0.2, -0.15) is 11.8 Å². The average Bonchev–Trinajstić information content (AvgIpc) is 2.48. The first-order valence-electron chi connectivity index (χ1n) is 5.71. The Labute approximate surface area is 96.7 Å². The molecule has 0 aromatic heterocycles. The van der Waals surface area contributed by atoms with E-state index in [4.69, 9.17) is 0 Å². The molecule has 88 valence electrons. The van der Waals surface area contributed by atoms with Gasteiger partial charge in [-0.25, -0.2) is 0 Å². The van der Waals surface area contributed by atoms with Crippen LogP contribution in [0.5, 0.6) is 0 Å². The molecular weight excluding hydrogens is 208 g/mol. The van der Waals surface area contributed by atoms with Gasteiger partial charge in [0.25, 0.3) is 0 Å². The maximum absolute atomic E-state index is 9.18. The van der Waals surface area contributed by atoms with Crippen LogP contribution in [0.15, 0.2) is 4.99 Å². The van der Waals surface area contributed by atoms with Crippen molar-refractivity contribution in [3.63, 3.8) is 0 Å². The Balaban J connectivity index is 2.41. The van der Waals surface area contributed by atoms with Crippen molar-refractivity contribution < 1.29 is 5.11 Å². The number of thioether (sulfide) groups is 1. The molecule has 0 spiro atoms. The topological polar surface area (TPSA) is 44.6 Å². The average molecular weight is 230 g/mol. The number of aliphatic hydroxyl groups excluding tert-OH is 1. The molecule has 0 radical (unpaired) electrons. The van der Waals surface area contributed by atoms with Crippen LogP contribution >= 0.6 is 11.8 Å². The number of aliphatic hydroxyl groups is 1. The van der Waals surface area contributed by atoms with E-state index in [-0.39, 0.29) is 11.9 Å². The third-order valence-electron chi connectivity index (χ3n) is 2.81. The largest absolute Gasteiger partial charge is 0.395 e. The smallest absolute Gasteiger partial charge is 0.0965 e. The summed E-state index contributed by atoms with van der Waals surface area (Å²) in [5.41, 5.74) is 0. The van der Waals surface area contributed by atoms with Crippen molar-refractivity contribution in [1.29, 1.82) is 0 Å². The van der Waals surface area contributed by atoms with E-state index >= 15 is 0 Å². The lowest BCUT2D eigenvalue weighted by molar-refractivity contribution is 0.281. The number of rotatable bonds is 4. The van der Waals surface area contributed by atoms with Gasteiger partial charge in [-0.3, -0.25) is 4.99 Å². The molecule has 0 fully saturated rings. The quantitative estimate of drug-likeness (QED) is 0.772. The molecule has 0 bridgehead atoms. The van der Waals surface area contributed by atoms with Gasteiger partial charge in [0.1, 0.15) is 0 Å². The number of amidine groups is 1. The van der Waals surface area contributed by atoms with Crippen molar-refractivity contribution in [2.24, 2.45) is 4.99 Å². The van der Waals surface area contributed by atoms with Crippen LogP contribution < -0.4 is 5.32 Å². The molecule has 0 aliphatic carbocycles. The molecule has 0 saturated carbocycles. The van der Waals surface area contributed by atoms with Crippen LogP contribution in [-0.2, 0) is 0 Å². The monoisotopic (exact) mass is 230 g/mol. The van der Waals surface area contributed by atoms with E-state index in [2.05, 4.69) is 17.2 Å².